The average Bonchev–Trinajstić information content (AvgIpc) is 2.79. The van der Waals surface area contributed by atoms with Crippen molar-refractivity contribution in [3.8, 4) is 11.4 Å². The van der Waals surface area contributed by atoms with Crippen LogP contribution in [-0.2, 0) is 0 Å². The number of nitrogens with one attached hydrogen (secondary N) is 2. The number of aliphatic imine (C=N–C) groups is 1. The molecule has 3 aromatic rings. The fourth-order valence-corrected chi connectivity index (χ4v) is 4.26. The van der Waals surface area contributed by atoms with Crippen molar-refractivity contribution < 1.29 is 9.13 Å². The summed E-state index contributed by atoms with van der Waals surface area (Å²) in [6.45, 7) is 1.50. The van der Waals surface area contributed by atoms with Crippen LogP contribution in [0.2, 0.25) is 10.0 Å². The minimum atomic E-state index is -0.821. The maximum absolute atomic E-state index is 14.9. The van der Waals surface area contributed by atoms with Gasteiger partial charge in [0.1, 0.15) is 5.75 Å². The Hall–Kier alpha value is -2.94. The summed E-state index contributed by atoms with van der Waals surface area (Å²) in [4.78, 5) is 21.9. The first-order chi connectivity index (χ1) is 15.0. The number of aromatic nitrogens is 2. The van der Waals surface area contributed by atoms with Crippen LogP contribution in [0.5, 0.6) is 5.75 Å². The zero-order valence-electron chi connectivity index (χ0n) is 16.3. The van der Waals surface area contributed by atoms with Gasteiger partial charge in [-0.25, -0.2) is 18.7 Å². The lowest BCUT2D eigenvalue weighted by atomic mass is 9.95. The molecule has 0 fully saturated rings. The molecule has 2 aromatic carbocycles. The van der Waals surface area contributed by atoms with Gasteiger partial charge in [0.2, 0.25) is 0 Å². The Morgan fingerprint density at radius 3 is 2.87 bits per heavy atom. The minimum Gasteiger partial charge on any atom is -0.496 e. The molecule has 0 unspecified atom stereocenters. The first-order valence-corrected chi connectivity index (χ1v) is 10.3. The highest BCUT2D eigenvalue weighted by Crippen LogP contribution is 2.43. The van der Waals surface area contributed by atoms with E-state index < -0.39 is 11.5 Å². The van der Waals surface area contributed by atoms with Crippen molar-refractivity contribution >= 4 is 57.5 Å². The number of halogens is 3. The molecule has 158 valence electrons. The molecule has 2 N–H and O–H groups in total. The van der Waals surface area contributed by atoms with Gasteiger partial charge in [-0.1, -0.05) is 29.3 Å². The maximum Gasteiger partial charge on any atom is 0.354 e. The number of hydrogen-bond donors (Lipinski definition) is 2. The van der Waals surface area contributed by atoms with Gasteiger partial charge >= 0.3 is 5.69 Å². The van der Waals surface area contributed by atoms with E-state index in [4.69, 9.17) is 27.9 Å². The molecule has 31 heavy (non-hydrogen) atoms. The Kier molecular flexibility index (Phi) is 4.92. The summed E-state index contributed by atoms with van der Waals surface area (Å²) in [5, 5.41) is 6.70. The largest absolute Gasteiger partial charge is 0.496 e. The number of nitrogens with zero attached hydrogens (tertiary/aromatic N) is 3. The van der Waals surface area contributed by atoms with Crippen molar-refractivity contribution in [2.24, 2.45) is 4.99 Å². The van der Waals surface area contributed by atoms with Crippen LogP contribution in [0.1, 0.15) is 12.0 Å². The zero-order valence-corrected chi connectivity index (χ0v) is 17.8. The van der Waals surface area contributed by atoms with E-state index in [-0.39, 0.29) is 21.6 Å². The Labute approximate surface area is 186 Å². The summed E-state index contributed by atoms with van der Waals surface area (Å²) < 4.78 is 21.7. The molecule has 10 heteroatoms. The summed E-state index contributed by atoms with van der Waals surface area (Å²) in [7, 11) is 1.57. The topological polar surface area (TPSA) is 80.5 Å². The molecule has 0 atom stereocenters. The second-order valence-corrected chi connectivity index (χ2v) is 7.84. The van der Waals surface area contributed by atoms with Crippen LogP contribution in [0.15, 0.2) is 34.1 Å². The average molecular weight is 460 g/mol. The van der Waals surface area contributed by atoms with E-state index in [2.05, 4.69) is 26.7 Å². The summed E-state index contributed by atoms with van der Waals surface area (Å²) in [6, 6.07) is 4.64. The van der Waals surface area contributed by atoms with Crippen LogP contribution in [0.25, 0.3) is 22.2 Å². The second kappa shape index (κ2) is 7.64. The standard InChI is InChI=1S/C21H16Cl2FN5O2/c1-31-14-8-12-16-19(15(14)10-4-6-25-7-5-10)28-21(30)29(20(16)27-9-26-12)13-3-2-11(22)17(23)18(13)24/h2-4,8-9,25H,5-7H2,1H3,(H,26,27). The molecule has 0 aliphatic carbocycles. The van der Waals surface area contributed by atoms with E-state index in [0.717, 1.165) is 28.7 Å². The van der Waals surface area contributed by atoms with E-state index in [9.17, 15) is 9.18 Å². The number of ether oxygens (including phenoxy) is 1. The summed E-state index contributed by atoms with van der Waals surface area (Å²) in [5.74, 6) is 0.0213. The Morgan fingerprint density at radius 2 is 2.13 bits per heavy atom. The Bertz CT molecular complexity index is 1370. The van der Waals surface area contributed by atoms with E-state index >= 15 is 0 Å². The quantitative estimate of drug-likeness (QED) is 0.570. The predicted octanol–water partition coefficient (Wildman–Crippen LogP) is 4.30. The number of anilines is 1. The molecule has 5 rings (SSSR count). The van der Waals surface area contributed by atoms with Crippen molar-refractivity contribution in [3.63, 3.8) is 0 Å². The molecule has 0 saturated carbocycles. The second-order valence-electron chi connectivity index (χ2n) is 7.06. The van der Waals surface area contributed by atoms with Gasteiger partial charge in [0, 0.05) is 18.2 Å². The summed E-state index contributed by atoms with van der Waals surface area (Å²) in [6.07, 6.45) is 4.24. The van der Waals surface area contributed by atoms with Crippen LogP contribution in [0.3, 0.4) is 0 Å². The van der Waals surface area contributed by atoms with E-state index in [1.165, 1.54) is 18.5 Å². The number of methoxy groups -OCH3 is 1. The minimum absolute atomic E-state index is 0.0501. The van der Waals surface area contributed by atoms with Crippen molar-refractivity contribution in [1.82, 2.24) is 14.9 Å². The fraction of sp³-hybridized carbons (Fsp3) is 0.190. The first-order valence-electron chi connectivity index (χ1n) is 9.52. The zero-order chi connectivity index (χ0) is 21.7. The van der Waals surface area contributed by atoms with E-state index in [0.29, 0.717) is 28.9 Å². The van der Waals surface area contributed by atoms with Crippen molar-refractivity contribution in [2.75, 3.05) is 25.5 Å². The smallest absolute Gasteiger partial charge is 0.354 e. The highest BCUT2D eigenvalue weighted by Gasteiger charge is 2.26. The van der Waals surface area contributed by atoms with Gasteiger partial charge < -0.3 is 15.4 Å². The number of hydrogen-bond acceptors (Lipinski definition) is 6. The molecule has 0 amide bonds. The fourth-order valence-electron chi connectivity index (χ4n) is 3.96. The molecular weight excluding hydrogens is 444 g/mol. The first kappa shape index (κ1) is 20.0. The third-order valence-electron chi connectivity index (χ3n) is 5.37. The van der Waals surface area contributed by atoms with E-state index in [1.807, 2.05) is 6.07 Å². The van der Waals surface area contributed by atoms with Gasteiger partial charge in [-0.2, -0.15) is 4.98 Å². The lowest BCUT2D eigenvalue weighted by molar-refractivity contribution is 0.414. The van der Waals surface area contributed by atoms with Crippen LogP contribution in [-0.4, -0.2) is 36.1 Å². The van der Waals surface area contributed by atoms with Crippen LogP contribution >= 0.6 is 23.2 Å². The number of rotatable bonds is 3. The molecule has 2 aliphatic rings. The van der Waals surface area contributed by atoms with Gasteiger partial charge in [0.05, 0.1) is 45.8 Å². The highest BCUT2D eigenvalue weighted by molar-refractivity contribution is 6.42. The normalized spacial score (nSPS) is 15.0. The monoisotopic (exact) mass is 459 g/mol. The van der Waals surface area contributed by atoms with Crippen molar-refractivity contribution in [1.29, 1.82) is 0 Å². The van der Waals surface area contributed by atoms with Gasteiger partial charge in [0.25, 0.3) is 0 Å². The molecule has 7 nitrogen and oxygen atoms in total. The van der Waals surface area contributed by atoms with Crippen LogP contribution in [0, 0.1) is 5.82 Å². The van der Waals surface area contributed by atoms with E-state index in [1.54, 1.807) is 7.11 Å². The summed E-state index contributed by atoms with van der Waals surface area (Å²) in [5.41, 5.74) is 2.09. The predicted molar refractivity (Wildman–Crippen MR) is 121 cm³/mol. The van der Waals surface area contributed by atoms with Gasteiger partial charge in [-0.05, 0) is 30.7 Å². The Balaban J connectivity index is 1.90. The van der Waals surface area contributed by atoms with Crippen molar-refractivity contribution in [2.45, 2.75) is 6.42 Å². The third kappa shape index (κ3) is 3.10. The number of benzene rings is 2. The molecule has 3 heterocycles. The summed E-state index contributed by atoms with van der Waals surface area (Å²) >= 11 is 11.9. The molecule has 2 aliphatic heterocycles. The SMILES string of the molecule is COc1cc2c3c(n(-c4ccc(Cl)c(Cl)c4F)c(=O)nc3c1C1=CCNCC1)N=CN2. The molecule has 1 aromatic heterocycles. The highest BCUT2D eigenvalue weighted by atomic mass is 35.5. The van der Waals surface area contributed by atoms with Gasteiger partial charge in [-0.3, -0.25) is 0 Å². The molecule has 0 radical (unpaired) electrons. The molecule has 0 spiro atoms. The van der Waals surface area contributed by atoms with Gasteiger partial charge in [-0.15, -0.1) is 0 Å². The third-order valence-corrected chi connectivity index (χ3v) is 6.15. The van der Waals surface area contributed by atoms with Crippen LogP contribution in [0.4, 0.5) is 15.9 Å². The molecule has 0 saturated heterocycles. The Morgan fingerprint density at radius 1 is 1.29 bits per heavy atom. The van der Waals surface area contributed by atoms with Gasteiger partial charge in [0.15, 0.2) is 11.6 Å². The molecule has 0 bridgehead atoms. The van der Waals surface area contributed by atoms with Crippen LogP contribution < -0.4 is 21.1 Å². The van der Waals surface area contributed by atoms with Crippen molar-refractivity contribution in [3.05, 3.63) is 56.2 Å². The lowest BCUT2D eigenvalue weighted by Gasteiger charge is -2.23. The lowest BCUT2D eigenvalue weighted by Crippen LogP contribution is -2.25. The molecular formula is C21H16Cl2FN5O2. The maximum atomic E-state index is 14.9.